The molecule has 0 unspecified atom stereocenters. The van der Waals surface area contributed by atoms with E-state index in [0.717, 1.165) is 37.1 Å². The smallest absolute Gasteiger partial charge is 0.336 e. The van der Waals surface area contributed by atoms with Crippen LogP contribution in [0.3, 0.4) is 0 Å². The number of aromatic carboxylic acids is 1. The second-order valence-electron chi connectivity index (χ2n) is 4.49. The van der Waals surface area contributed by atoms with Crippen molar-refractivity contribution in [2.45, 2.75) is 44.4 Å². The van der Waals surface area contributed by atoms with Crippen molar-refractivity contribution in [1.29, 1.82) is 0 Å². The molecule has 0 saturated heterocycles. The third-order valence-electron chi connectivity index (χ3n) is 3.16. The Morgan fingerprint density at radius 1 is 1.41 bits per heavy atom. The van der Waals surface area contributed by atoms with Crippen LogP contribution in [-0.2, 0) is 6.54 Å². The summed E-state index contributed by atoms with van der Waals surface area (Å²) in [4.78, 5) is 11.8. The fourth-order valence-electron chi connectivity index (χ4n) is 2.11. The average molecular weight is 255 g/mol. The van der Waals surface area contributed by atoms with Crippen molar-refractivity contribution in [2.24, 2.45) is 0 Å². The van der Waals surface area contributed by atoms with Crippen LogP contribution in [0.25, 0.3) is 0 Å². The molecule has 0 atom stereocenters. The number of aliphatic hydroxyl groups excluding tert-OH is 1. The predicted molar refractivity (Wildman–Crippen MR) is 66.4 cm³/mol. The second-order valence-corrected chi connectivity index (χ2v) is 5.49. The molecular formula is C12H17NO3S. The number of hydrogen-bond donors (Lipinski definition) is 3. The number of carbonyl (C=O) groups is 1. The molecule has 1 saturated carbocycles. The van der Waals surface area contributed by atoms with Crippen LogP contribution in [0, 0.1) is 0 Å². The molecule has 1 heterocycles. The van der Waals surface area contributed by atoms with Gasteiger partial charge < -0.3 is 15.5 Å². The molecule has 3 N–H and O–H groups in total. The number of carboxylic acid groups (broad SMARTS) is 1. The highest BCUT2D eigenvalue weighted by Gasteiger charge is 2.18. The first kappa shape index (κ1) is 12.5. The van der Waals surface area contributed by atoms with Gasteiger partial charge in [0.15, 0.2) is 0 Å². The second kappa shape index (κ2) is 5.62. The number of rotatable bonds is 4. The third kappa shape index (κ3) is 3.52. The molecule has 0 radical (unpaired) electrons. The fraction of sp³-hybridized carbons (Fsp3) is 0.583. The monoisotopic (exact) mass is 255 g/mol. The summed E-state index contributed by atoms with van der Waals surface area (Å²) in [6, 6.07) is 2.17. The summed E-state index contributed by atoms with van der Waals surface area (Å²) >= 11 is 1.47. The number of thiophene rings is 1. The molecule has 0 aromatic carbocycles. The molecule has 17 heavy (non-hydrogen) atoms. The normalized spacial score (nSPS) is 24.8. The Morgan fingerprint density at radius 2 is 2.12 bits per heavy atom. The van der Waals surface area contributed by atoms with Gasteiger partial charge in [0, 0.05) is 22.8 Å². The summed E-state index contributed by atoms with van der Waals surface area (Å²) in [5.74, 6) is -0.867. The van der Waals surface area contributed by atoms with E-state index < -0.39 is 5.97 Å². The highest BCUT2D eigenvalue weighted by Crippen LogP contribution is 2.20. The molecule has 1 aromatic rings. The summed E-state index contributed by atoms with van der Waals surface area (Å²) in [7, 11) is 0. The van der Waals surface area contributed by atoms with Crippen molar-refractivity contribution < 1.29 is 15.0 Å². The Kier molecular flexibility index (Phi) is 4.15. The van der Waals surface area contributed by atoms with Crippen LogP contribution >= 0.6 is 11.3 Å². The average Bonchev–Trinajstić information content (AvgIpc) is 2.77. The van der Waals surface area contributed by atoms with Crippen LogP contribution in [-0.4, -0.2) is 28.3 Å². The van der Waals surface area contributed by atoms with E-state index in [0.29, 0.717) is 11.6 Å². The number of aliphatic hydroxyl groups is 1. The lowest BCUT2D eigenvalue weighted by molar-refractivity contribution is 0.0697. The lowest BCUT2D eigenvalue weighted by atomic mass is 9.93. The molecule has 2 rings (SSSR count). The first-order valence-electron chi connectivity index (χ1n) is 5.87. The zero-order valence-electron chi connectivity index (χ0n) is 9.56. The Hall–Kier alpha value is -0.910. The quantitative estimate of drug-likeness (QED) is 0.768. The third-order valence-corrected chi connectivity index (χ3v) is 4.10. The fourth-order valence-corrected chi connectivity index (χ4v) is 2.92. The van der Waals surface area contributed by atoms with Gasteiger partial charge in [-0.05, 0) is 31.7 Å². The van der Waals surface area contributed by atoms with Crippen LogP contribution < -0.4 is 5.32 Å². The van der Waals surface area contributed by atoms with E-state index in [1.54, 1.807) is 11.4 Å². The molecule has 1 fully saturated rings. The molecule has 0 aliphatic heterocycles. The molecule has 94 valence electrons. The molecule has 1 aromatic heterocycles. The number of hydrogen-bond acceptors (Lipinski definition) is 4. The molecular weight excluding hydrogens is 238 g/mol. The van der Waals surface area contributed by atoms with E-state index in [1.165, 1.54) is 11.3 Å². The van der Waals surface area contributed by atoms with Crippen molar-refractivity contribution >= 4 is 17.3 Å². The molecule has 0 bridgehead atoms. The Balaban J connectivity index is 1.79. The van der Waals surface area contributed by atoms with Crippen molar-refractivity contribution in [3.05, 3.63) is 21.9 Å². The Bertz CT molecular complexity index is 383. The zero-order chi connectivity index (χ0) is 12.3. The summed E-state index contributed by atoms with van der Waals surface area (Å²) in [6.45, 7) is 0.721. The predicted octanol–water partition coefficient (Wildman–Crippen LogP) is 1.84. The molecule has 1 aliphatic carbocycles. The van der Waals surface area contributed by atoms with Gasteiger partial charge in [0.05, 0.1) is 11.7 Å². The highest BCUT2D eigenvalue weighted by molar-refractivity contribution is 7.10. The van der Waals surface area contributed by atoms with Crippen molar-refractivity contribution in [3.8, 4) is 0 Å². The molecule has 0 amide bonds. The largest absolute Gasteiger partial charge is 0.478 e. The lowest BCUT2D eigenvalue weighted by Gasteiger charge is -2.26. The lowest BCUT2D eigenvalue weighted by Crippen LogP contribution is -2.33. The highest BCUT2D eigenvalue weighted by atomic mass is 32.1. The first-order chi connectivity index (χ1) is 8.15. The van der Waals surface area contributed by atoms with Crippen molar-refractivity contribution in [1.82, 2.24) is 5.32 Å². The minimum absolute atomic E-state index is 0.131. The van der Waals surface area contributed by atoms with Gasteiger partial charge >= 0.3 is 5.97 Å². The van der Waals surface area contributed by atoms with E-state index in [1.807, 2.05) is 0 Å². The number of nitrogens with one attached hydrogen (secondary N) is 1. The summed E-state index contributed by atoms with van der Waals surface area (Å²) in [6.07, 6.45) is 3.59. The maximum absolute atomic E-state index is 10.7. The van der Waals surface area contributed by atoms with Gasteiger partial charge in [-0.1, -0.05) is 0 Å². The topological polar surface area (TPSA) is 69.6 Å². The summed E-state index contributed by atoms with van der Waals surface area (Å²) in [5, 5.41) is 23.3. The standard InChI is InChI=1S/C12H17NO3S/c14-10-3-1-9(2-4-10)13-6-11-5-8(7-17-11)12(15)16/h5,7,9-10,13-14H,1-4,6H2,(H,15,16). The van der Waals surface area contributed by atoms with Crippen LogP contribution in [0.15, 0.2) is 11.4 Å². The van der Waals surface area contributed by atoms with Gasteiger partial charge in [0.25, 0.3) is 0 Å². The minimum atomic E-state index is -0.867. The number of carboxylic acids is 1. The Labute approximate surface area is 104 Å². The Morgan fingerprint density at radius 3 is 2.71 bits per heavy atom. The van der Waals surface area contributed by atoms with E-state index in [9.17, 15) is 9.90 Å². The van der Waals surface area contributed by atoms with Crippen molar-refractivity contribution in [2.75, 3.05) is 0 Å². The van der Waals surface area contributed by atoms with E-state index in [4.69, 9.17) is 5.11 Å². The molecule has 0 spiro atoms. The molecule has 1 aliphatic rings. The summed E-state index contributed by atoms with van der Waals surface area (Å²) in [5.41, 5.74) is 0.367. The molecule has 4 nitrogen and oxygen atoms in total. The van der Waals surface area contributed by atoms with Gasteiger partial charge in [0.1, 0.15) is 0 Å². The zero-order valence-corrected chi connectivity index (χ0v) is 10.4. The van der Waals surface area contributed by atoms with E-state index >= 15 is 0 Å². The summed E-state index contributed by atoms with van der Waals surface area (Å²) < 4.78 is 0. The van der Waals surface area contributed by atoms with Gasteiger partial charge in [-0.3, -0.25) is 0 Å². The van der Waals surface area contributed by atoms with Crippen LogP contribution in [0.5, 0.6) is 0 Å². The van der Waals surface area contributed by atoms with Gasteiger partial charge in [-0.25, -0.2) is 4.79 Å². The van der Waals surface area contributed by atoms with Crippen LogP contribution in [0.2, 0.25) is 0 Å². The first-order valence-corrected chi connectivity index (χ1v) is 6.75. The van der Waals surface area contributed by atoms with Crippen LogP contribution in [0.4, 0.5) is 0 Å². The SMILES string of the molecule is O=C(O)c1csc(CNC2CCC(O)CC2)c1. The van der Waals surface area contributed by atoms with Gasteiger partial charge in [-0.2, -0.15) is 0 Å². The van der Waals surface area contributed by atoms with E-state index in [-0.39, 0.29) is 6.10 Å². The van der Waals surface area contributed by atoms with E-state index in [2.05, 4.69) is 5.32 Å². The van der Waals surface area contributed by atoms with Crippen molar-refractivity contribution in [3.63, 3.8) is 0 Å². The van der Waals surface area contributed by atoms with Crippen LogP contribution in [0.1, 0.15) is 40.9 Å². The van der Waals surface area contributed by atoms with Gasteiger partial charge in [0.2, 0.25) is 0 Å². The maximum Gasteiger partial charge on any atom is 0.336 e. The molecule has 5 heteroatoms. The van der Waals surface area contributed by atoms with Gasteiger partial charge in [-0.15, -0.1) is 11.3 Å². The minimum Gasteiger partial charge on any atom is -0.478 e. The maximum atomic E-state index is 10.7.